The molecule has 0 bridgehead atoms. The number of fused-ring (bicyclic) bond motifs is 9. The molecule has 2 heterocycles. The molecule has 2 aromatic heterocycles. The standard InChI is InChI=1S/C24H16O2/c1-13-11-15-3-5-19-17-8-10-22-20(6-4-16-12-14(2)26-24(16)22)18(17)7-9-21(19)23(15)25-13/h3-12H,1-2H3. The minimum Gasteiger partial charge on any atom is -0.461 e. The summed E-state index contributed by atoms with van der Waals surface area (Å²) in [6.45, 7) is 3.99. The summed E-state index contributed by atoms with van der Waals surface area (Å²) in [5.41, 5.74) is 1.94. The first-order valence-corrected chi connectivity index (χ1v) is 8.86. The molecule has 0 aliphatic carbocycles. The van der Waals surface area contributed by atoms with Crippen molar-refractivity contribution in [2.45, 2.75) is 13.8 Å². The van der Waals surface area contributed by atoms with Crippen LogP contribution in [-0.4, -0.2) is 0 Å². The zero-order valence-electron chi connectivity index (χ0n) is 14.6. The monoisotopic (exact) mass is 336 g/mol. The summed E-state index contributed by atoms with van der Waals surface area (Å²) in [5, 5.41) is 9.58. The Morgan fingerprint density at radius 2 is 0.808 bits per heavy atom. The van der Waals surface area contributed by atoms with Gasteiger partial charge in [-0.2, -0.15) is 0 Å². The Balaban J connectivity index is 1.81. The highest BCUT2D eigenvalue weighted by Gasteiger charge is 2.12. The first kappa shape index (κ1) is 14.0. The number of furan rings is 2. The van der Waals surface area contributed by atoms with Crippen LogP contribution in [0.4, 0.5) is 0 Å². The van der Waals surface area contributed by atoms with E-state index in [0.29, 0.717) is 0 Å². The highest BCUT2D eigenvalue weighted by Crippen LogP contribution is 2.37. The SMILES string of the molecule is Cc1cc2ccc3c4ccc5c(ccc6cc(C)oc65)c4ccc3c2o1. The van der Waals surface area contributed by atoms with Crippen LogP contribution in [0.1, 0.15) is 11.5 Å². The van der Waals surface area contributed by atoms with Gasteiger partial charge in [0, 0.05) is 21.5 Å². The molecule has 0 saturated heterocycles. The van der Waals surface area contributed by atoms with E-state index in [1.54, 1.807) is 0 Å². The molecule has 0 unspecified atom stereocenters. The molecule has 26 heavy (non-hydrogen) atoms. The Bertz CT molecular complexity index is 1380. The van der Waals surface area contributed by atoms with E-state index in [9.17, 15) is 0 Å². The van der Waals surface area contributed by atoms with Gasteiger partial charge in [0.05, 0.1) is 0 Å². The van der Waals surface area contributed by atoms with Gasteiger partial charge in [-0.3, -0.25) is 0 Å². The van der Waals surface area contributed by atoms with E-state index in [2.05, 4.69) is 60.7 Å². The van der Waals surface area contributed by atoms with Crippen molar-refractivity contribution in [1.82, 2.24) is 0 Å². The van der Waals surface area contributed by atoms with Crippen LogP contribution >= 0.6 is 0 Å². The largest absolute Gasteiger partial charge is 0.461 e. The Labute approximate surface area is 149 Å². The van der Waals surface area contributed by atoms with Crippen molar-refractivity contribution >= 4 is 54.3 Å². The second-order valence-corrected chi connectivity index (χ2v) is 7.10. The molecule has 2 heteroatoms. The lowest BCUT2D eigenvalue weighted by atomic mass is 9.95. The van der Waals surface area contributed by atoms with Gasteiger partial charge in [-0.15, -0.1) is 0 Å². The van der Waals surface area contributed by atoms with Crippen LogP contribution < -0.4 is 0 Å². The quantitative estimate of drug-likeness (QED) is 0.273. The number of benzene rings is 4. The average molecular weight is 336 g/mol. The van der Waals surface area contributed by atoms with Crippen LogP contribution in [0.5, 0.6) is 0 Å². The molecule has 0 N–H and O–H groups in total. The first-order chi connectivity index (χ1) is 12.7. The summed E-state index contributed by atoms with van der Waals surface area (Å²) in [7, 11) is 0. The molecule has 0 aliphatic heterocycles. The summed E-state index contributed by atoms with van der Waals surface area (Å²) in [5.74, 6) is 1.89. The highest BCUT2D eigenvalue weighted by molar-refractivity contribution is 6.23. The van der Waals surface area contributed by atoms with Gasteiger partial charge >= 0.3 is 0 Å². The molecule has 6 aromatic rings. The molecule has 0 amide bonds. The predicted octanol–water partition coefficient (Wildman–Crippen LogP) is 7.26. The van der Waals surface area contributed by atoms with Gasteiger partial charge in [0.1, 0.15) is 22.7 Å². The zero-order chi connectivity index (χ0) is 17.4. The fourth-order valence-corrected chi connectivity index (χ4v) is 4.29. The maximum atomic E-state index is 5.96. The normalized spacial score (nSPS) is 12.2. The minimum atomic E-state index is 0.946. The Kier molecular flexibility index (Phi) is 2.51. The molecular weight excluding hydrogens is 320 g/mol. The fourth-order valence-electron chi connectivity index (χ4n) is 4.29. The zero-order valence-corrected chi connectivity index (χ0v) is 14.6. The number of hydrogen-bond acceptors (Lipinski definition) is 2. The number of hydrogen-bond donors (Lipinski definition) is 0. The van der Waals surface area contributed by atoms with E-state index in [1.165, 1.54) is 21.5 Å². The third-order valence-electron chi connectivity index (χ3n) is 5.40. The second-order valence-electron chi connectivity index (χ2n) is 7.10. The Morgan fingerprint density at radius 1 is 0.462 bits per heavy atom. The van der Waals surface area contributed by atoms with E-state index in [4.69, 9.17) is 8.83 Å². The van der Waals surface area contributed by atoms with Crippen molar-refractivity contribution in [3.63, 3.8) is 0 Å². The van der Waals surface area contributed by atoms with E-state index >= 15 is 0 Å². The highest BCUT2D eigenvalue weighted by atomic mass is 16.3. The molecule has 0 fully saturated rings. The van der Waals surface area contributed by atoms with E-state index < -0.39 is 0 Å². The van der Waals surface area contributed by atoms with Crippen LogP contribution in [0.3, 0.4) is 0 Å². The molecule has 6 rings (SSSR count). The lowest BCUT2D eigenvalue weighted by Crippen LogP contribution is -1.82. The van der Waals surface area contributed by atoms with E-state index in [1.807, 2.05) is 13.8 Å². The third kappa shape index (κ3) is 1.71. The van der Waals surface area contributed by atoms with Crippen molar-refractivity contribution in [2.24, 2.45) is 0 Å². The van der Waals surface area contributed by atoms with Crippen molar-refractivity contribution in [3.8, 4) is 0 Å². The Hall–Kier alpha value is -3.26. The van der Waals surface area contributed by atoms with Crippen LogP contribution in [0.25, 0.3) is 54.3 Å². The van der Waals surface area contributed by atoms with Crippen molar-refractivity contribution < 1.29 is 8.83 Å². The van der Waals surface area contributed by atoms with Crippen molar-refractivity contribution in [3.05, 3.63) is 72.2 Å². The van der Waals surface area contributed by atoms with E-state index in [-0.39, 0.29) is 0 Å². The van der Waals surface area contributed by atoms with Gasteiger partial charge in [0.2, 0.25) is 0 Å². The van der Waals surface area contributed by atoms with Gasteiger partial charge in [-0.25, -0.2) is 0 Å². The summed E-state index contributed by atoms with van der Waals surface area (Å²) in [4.78, 5) is 0. The summed E-state index contributed by atoms with van der Waals surface area (Å²) in [6.07, 6.45) is 0. The van der Waals surface area contributed by atoms with Gasteiger partial charge in [0.15, 0.2) is 0 Å². The predicted molar refractivity (Wildman–Crippen MR) is 108 cm³/mol. The molecule has 0 radical (unpaired) electrons. The van der Waals surface area contributed by atoms with Crippen LogP contribution in [0.15, 0.2) is 69.5 Å². The molecule has 0 aliphatic rings. The van der Waals surface area contributed by atoms with Crippen LogP contribution in [0.2, 0.25) is 0 Å². The van der Waals surface area contributed by atoms with E-state index in [0.717, 1.165) is 44.2 Å². The maximum absolute atomic E-state index is 5.96. The maximum Gasteiger partial charge on any atom is 0.142 e. The summed E-state index contributed by atoms with van der Waals surface area (Å²) < 4.78 is 11.9. The number of rotatable bonds is 0. The first-order valence-electron chi connectivity index (χ1n) is 8.86. The topological polar surface area (TPSA) is 26.3 Å². The molecule has 124 valence electrons. The Morgan fingerprint density at radius 3 is 1.27 bits per heavy atom. The molecule has 0 saturated carbocycles. The smallest absolute Gasteiger partial charge is 0.142 e. The van der Waals surface area contributed by atoms with Crippen molar-refractivity contribution in [2.75, 3.05) is 0 Å². The fraction of sp³-hybridized carbons (Fsp3) is 0.0833. The van der Waals surface area contributed by atoms with Gasteiger partial charge in [-0.05, 0) is 59.7 Å². The lowest BCUT2D eigenvalue weighted by Gasteiger charge is -2.08. The van der Waals surface area contributed by atoms with Crippen LogP contribution in [-0.2, 0) is 0 Å². The summed E-state index contributed by atoms with van der Waals surface area (Å²) >= 11 is 0. The van der Waals surface area contributed by atoms with Gasteiger partial charge in [-0.1, -0.05) is 36.4 Å². The molecule has 0 atom stereocenters. The molecule has 4 aromatic carbocycles. The van der Waals surface area contributed by atoms with Crippen LogP contribution in [0, 0.1) is 13.8 Å². The number of aryl methyl sites for hydroxylation is 2. The third-order valence-corrected chi connectivity index (χ3v) is 5.40. The van der Waals surface area contributed by atoms with Crippen molar-refractivity contribution in [1.29, 1.82) is 0 Å². The molecule has 0 spiro atoms. The van der Waals surface area contributed by atoms with Gasteiger partial charge < -0.3 is 8.83 Å². The van der Waals surface area contributed by atoms with Gasteiger partial charge in [0.25, 0.3) is 0 Å². The second kappa shape index (κ2) is 4.67. The lowest BCUT2D eigenvalue weighted by molar-refractivity contribution is 0.581. The summed E-state index contributed by atoms with van der Waals surface area (Å²) in [6, 6.07) is 21.7. The molecule has 2 nitrogen and oxygen atoms in total. The average Bonchev–Trinajstić information content (AvgIpc) is 3.21. The molecular formula is C24H16O2. The minimum absolute atomic E-state index is 0.946.